The minimum Gasteiger partial charge on any atom is -0.470 e. The molecule has 2 N–H and O–H groups in total. The topological polar surface area (TPSA) is 79.9 Å². The van der Waals surface area contributed by atoms with E-state index in [0.717, 1.165) is 38.7 Å². The highest BCUT2D eigenvalue weighted by molar-refractivity contribution is 7.20. The molecule has 166 valence electrons. The number of fused-ring (bicyclic) bond motifs is 2. The highest BCUT2D eigenvalue weighted by Gasteiger charge is 2.13. The molecule has 2 aromatic heterocycles. The number of anilines is 1. The Balaban J connectivity index is 1.15. The lowest BCUT2D eigenvalue weighted by molar-refractivity contribution is -0.115. The number of hydrogen-bond donors (Lipinski definition) is 2. The van der Waals surface area contributed by atoms with Crippen molar-refractivity contribution >= 4 is 44.1 Å². The minimum absolute atomic E-state index is 0.0868. The van der Waals surface area contributed by atoms with Gasteiger partial charge in [-0.2, -0.15) is 5.10 Å². The molecule has 5 aromatic rings. The molecule has 1 unspecified atom stereocenters. The molecule has 0 spiro atoms. The number of thiazole rings is 1. The first kappa shape index (κ1) is 21.2. The van der Waals surface area contributed by atoms with E-state index in [-0.39, 0.29) is 11.8 Å². The van der Waals surface area contributed by atoms with Crippen LogP contribution in [-0.4, -0.2) is 27.7 Å². The number of rotatable bonds is 8. The predicted octanol–water partition coefficient (Wildman–Crippen LogP) is 5.93. The number of aromatic amines is 1. The van der Waals surface area contributed by atoms with Crippen molar-refractivity contribution < 1.29 is 9.53 Å². The summed E-state index contributed by atoms with van der Waals surface area (Å²) in [6.07, 6.45) is 1.11. The summed E-state index contributed by atoms with van der Waals surface area (Å²) in [5.74, 6) is 0.654. The number of carbonyl (C=O) groups is 1. The average Bonchev–Trinajstić information content (AvgIpc) is 3.46. The first-order chi connectivity index (χ1) is 16.2. The number of carbonyl (C=O) groups excluding carboxylic acids is 1. The Morgan fingerprint density at radius 2 is 1.91 bits per heavy atom. The first-order valence-corrected chi connectivity index (χ1v) is 11.8. The lowest BCUT2D eigenvalue weighted by Gasteiger charge is -2.08. The van der Waals surface area contributed by atoms with Crippen LogP contribution < -0.4 is 10.1 Å². The molecule has 1 amide bonds. The third kappa shape index (κ3) is 4.88. The van der Waals surface area contributed by atoms with Crippen molar-refractivity contribution in [3.8, 4) is 5.19 Å². The molecule has 6 nitrogen and oxygen atoms in total. The van der Waals surface area contributed by atoms with E-state index in [1.165, 1.54) is 0 Å². The number of nitrogens with zero attached hydrogens (tertiary/aromatic N) is 2. The zero-order chi connectivity index (χ0) is 22.6. The molecule has 0 radical (unpaired) electrons. The Morgan fingerprint density at radius 1 is 1.09 bits per heavy atom. The number of benzene rings is 3. The zero-order valence-electron chi connectivity index (χ0n) is 18.2. The van der Waals surface area contributed by atoms with Crippen molar-refractivity contribution in [3.63, 3.8) is 0 Å². The fraction of sp³-hybridized carbons (Fsp3) is 0.192. The van der Waals surface area contributed by atoms with E-state index in [1.807, 2.05) is 60.7 Å². The Kier molecular flexibility index (Phi) is 6.04. The quantitative estimate of drug-likeness (QED) is 0.303. The van der Waals surface area contributed by atoms with Crippen LogP contribution in [0.25, 0.3) is 21.0 Å². The van der Waals surface area contributed by atoms with Crippen LogP contribution in [0, 0.1) is 0 Å². The van der Waals surface area contributed by atoms with Gasteiger partial charge in [-0.15, -0.1) is 0 Å². The van der Waals surface area contributed by atoms with Gasteiger partial charge in [0.2, 0.25) is 5.91 Å². The molecule has 2 heterocycles. The van der Waals surface area contributed by atoms with E-state index in [4.69, 9.17) is 4.74 Å². The largest absolute Gasteiger partial charge is 0.470 e. The molecule has 33 heavy (non-hydrogen) atoms. The van der Waals surface area contributed by atoms with Gasteiger partial charge in [-0.25, -0.2) is 4.98 Å². The van der Waals surface area contributed by atoms with Gasteiger partial charge in [0.15, 0.2) is 5.82 Å². The summed E-state index contributed by atoms with van der Waals surface area (Å²) in [6.45, 7) is 2.67. The first-order valence-electron chi connectivity index (χ1n) is 11.0. The second kappa shape index (κ2) is 9.42. The second-order valence-electron chi connectivity index (χ2n) is 8.06. The number of H-pyrrole nitrogens is 1. The van der Waals surface area contributed by atoms with Gasteiger partial charge in [-0.05, 0) is 34.9 Å². The summed E-state index contributed by atoms with van der Waals surface area (Å²) in [5, 5.41) is 13.1. The molecule has 0 aliphatic carbocycles. The van der Waals surface area contributed by atoms with Crippen LogP contribution in [0.15, 0.2) is 72.8 Å². The summed E-state index contributed by atoms with van der Waals surface area (Å²) in [5.41, 5.74) is 2.92. The lowest BCUT2D eigenvalue weighted by atomic mass is 10.0. The maximum absolute atomic E-state index is 12.6. The highest BCUT2D eigenvalue weighted by atomic mass is 32.1. The summed E-state index contributed by atoms with van der Waals surface area (Å²) < 4.78 is 6.98. The van der Waals surface area contributed by atoms with Crippen molar-refractivity contribution in [2.24, 2.45) is 0 Å². The molecular formula is C26H24N4O2S. The standard InChI is InChI=1S/C26H24N4O2S/c1-17(13-14-32-26-27-21-11-4-5-12-23(21)33-26)22-16-24(30-29-22)28-25(31)15-19-9-6-8-18-7-2-3-10-20(18)19/h2-12,16-17H,13-15H2,1H3,(H2,28,29,30,31). The van der Waals surface area contributed by atoms with Crippen LogP contribution in [-0.2, 0) is 11.2 Å². The Hall–Kier alpha value is -3.71. The normalized spacial score (nSPS) is 12.2. The van der Waals surface area contributed by atoms with Crippen molar-refractivity contribution in [2.45, 2.75) is 25.7 Å². The maximum Gasteiger partial charge on any atom is 0.274 e. The molecule has 0 saturated heterocycles. The monoisotopic (exact) mass is 456 g/mol. The molecular weight excluding hydrogens is 432 g/mol. The molecule has 3 aromatic carbocycles. The number of aromatic nitrogens is 3. The third-order valence-corrected chi connectivity index (χ3v) is 6.63. The molecule has 1 atom stereocenters. The van der Waals surface area contributed by atoms with Crippen LogP contribution >= 0.6 is 11.3 Å². The van der Waals surface area contributed by atoms with E-state index in [9.17, 15) is 4.79 Å². The van der Waals surface area contributed by atoms with Crippen LogP contribution in [0.2, 0.25) is 0 Å². The summed E-state index contributed by atoms with van der Waals surface area (Å²) >= 11 is 1.56. The van der Waals surface area contributed by atoms with Gasteiger partial charge in [0.05, 0.1) is 23.2 Å². The number of para-hydroxylation sites is 1. The van der Waals surface area contributed by atoms with E-state index in [1.54, 1.807) is 11.3 Å². The molecule has 7 heteroatoms. The second-order valence-corrected chi connectivity index (χ2v) is 9.05. The van der Waals surface area contributed by atoms with Gasteiger partial charge in [-0.3, -0.25) is 9.89 Å². The third-order valence-electron chi connectivity index (χ3n) is 5.68. The Morgan fingerprint density at radius 3 is 2.82 bits per heavy atom. The van der Waals surface area contributed by atoms with E-state index < -0.39 is 0 Å². The van der Waals surface area contributed by atoms with Crippen molar-refractivity contribution in [1.82, 2.24) is 15.2 Å². The molecule has 0 aliphatic heterocycles. The molecule has 0 fully saturated rings. The zero-order valence-corrected chi connectivity index (χ0v) is 19.1. The summed E-state index contributed by atoms with van der Waals surface area (Å²) in [4.78, 5) is 17.1. The number of amides is 1. The SMILES string of the molecule is CC(CCOc1nc2ccccc2s1)c1cc(NC(=O)Cc2cccc3ccccc23)n[nH]1. The van der Waals surface area contributed by atoms with Gasteiger partial charge in [0, 0.05) is 17.7 Å². The number of hydrogen-bond acceptors (Lipinski definition) is 5. The van der Waals surface area contributed by atoms with Crippen LogP contribution in [0.4, 0.5) is 5.82 Å². The molecule has 5 rings (SSSR count). The fourth-order valence-electron chi connectivity index (χ4n) is 3.85. The summed E-state index contributed by atoms with van der Waals surface area (Å²) in [6, 6.07) is 24.0. The van der Waals surface area contributed by atoms with Crippen LogP contribution in [0.1, 0.15) is 30.5 Å². The van der Waals surface area contributed by atoms with Gasteiger partial charge < -0.3 is 10.1 Å². The van der Waals surface area contributed by atoms with Gasteiger partial charge >= 0.3 is 0 Å². The number of ether oxygens (including phenoxy) is 1. The average molecular weight is 457 g/mol. The van der Waals surface area contributed by atoms with Crippen molar-refractivity contribution in [3.05, 3.63) is 84.1 Å². The summed E-state index contributed by atoms with van der Waals surface area (Å²) in [7, 11) is 0. The molecule has 0 aliphatic rings. The fourth-order valence-corrected chi connectivity index (χ4v) is 4.69. The lowest BCUT2D eigenvalue weighted by Crippen LogP contribution is -2.14. The van der Waals surface area contributed by atoms with Gasteiger partial charge in [-0.1, -0.05) is 72.9 Å². The smallest absolute Gasteiger partial charge is 0.274 e. The Labute approximate surface area is 195 Å². The highest BCUT2D eigenvalue weighted by Crippen LogP contribution is 2.28. The van der Waals surface area contributed by atoms with E-state index in [0.29, 0.717) is 24.0 Å². The van der Waals surface area contributed by atoms with Crippen molar-refractivity contribution in [1.29, 1.82) is 0 Å². The number of nitrogens with one attached hydrogen (secondary N) is 2. The van der Waals surface area contributed by atoms with Crippen LogP contribution in [0.5, 0.6) is 5.19 Å². The molecule has 0 saturated carbocycles. The van der Waals surface area contributed by atoms with Gasteiger partial charge in [0.1, 0.15) is 0 Å². The van der Waals surface area contributed by atoms with E-state index in [2.05, 4.69) is 39.6 Å². The van der Waals surface area contributed by atoms with E-state index >= 15 is 0 Å². The van der Waals surface area contributed by atoms with Crippen molar-refractivity contribution in [2.75, 3.05) is 11.9 Å². The Bertz CT molecular complexity index is 1370. The maximum atomic E-state index is 12.6. The molecule has 0 bridgehead atoms. The van der Waals surface area contributed by atoms with Crippen LogP contribution in [0.3, 0.4) is 0 Å². The predicted molar refractivity (Wildman–Crippen MR) is 133 cm³/mol. The minimum atomic E-state index is -0.0868. The van der Waals surface area contributed by atoms with Gasteiger partial charge in [0.25, 0.3) is 5.19 Å².